The van der Waals surface area contributed by atoms with Gasteiger partial charge in [0.25, 0.3) is 0 Å². The summed E-state index contributed by atoms with van der Waals surface area (Å²) in [4.78, 5) is 38.3. The standard InChI is InChI=1S/C65H120O6/c1-4-7-10-13-16-19-22-25-28-30-32-34-37-40-43-46-49-52-55-58-64(67)70-61-62(60-69-63(66)57-54-51-48-45-42-39-36-27-24-21-18-15-12-9-6-3)71-65(68)59-56-53-50-47-44-41-38-35-33-31-29-26-23-20-17-14-11-8-5-2/h16,19,25-26,28-29,62H,4-15,17-18,20-24,27,30-61H2,1-3H3/b19-16+,28-25+,29-26+/t62-/m1/s1. The fourth-order valence-electron chi connectivity index (χ4n) is 9.35. The molecule has 0 aliphatic heterocycles. The van der Waals surface area contributed by atoms with E-state index in [2.05, 4.69) is 57.2 Å². The summed E-state index contributed by atoms with van der Waals surface area (Å²) in [7, 11) is 0. The van der Waals surface area contributed by atoms with E-state index >= 15 is 0 Å². The number of unbranched alkanes of at least 4 members (excludes halogenated alkanes) is 41. The Labute approximate surface area is 442 Å². The lowest BCUT2D eigenvalue weighted by molar-refractivity contribution is -0.167. The van der Waals surface area contributed by atoms with Crippen molar-refractivity contribution in [1.82, 2.24) is 0 Å². The Hall–Kier alpha value is -2.37. The van der Waals surface area contributed by atoms with Crippen LogP contribution in [0, 0.1) is 0 Å². The summed E-state index contributed by atoms with van der Waals surface area (Å²) in [6.07, 6.45) is 72.8. The average molecular weight is 998 g/mol. The largest absolute Gasteiger partial charge is 0.462 e. The molecule has 6 heteroatoms. The summed E-state index contributed by atoms with van der Waals surface area (Å²) >= 11 is 0. The van der Waals surface area contributed by atoms with Gasteiger partial charge in [-0.05, 0) is 77.0 Å². The van der Waals surface area contributed by atoms with Gasteiger partial charge in [-0.2, -0.15) is 0 Å². The molecule has 0 radical (unpaired) electrons. The van der Waals surface area contributed by atoms with Crippen LogP contribution in [0.2, 0.25) is 0 Å². The van der Waals surface area contributed by atoms with E-state index < -0.39 is 6.10 Å². The van der Waals surface area contributed by atoms with Gasteiger partial charge in [0.05, 0.1) is 0 Å². The molecule has 0 aliphatic carbocycles. The van der Waals surface area contributed by atoms with Crippen LogP contribution >= 0.6 is 0 Å². The van der Waals surface area contributed by atoms with Gasteiger partial charge in [0, 0.05) is 19.3 Å². The van der Waals surface area contributed by atoms with Crippen LogP contribution in [0.25, 0.3) is 0 Å². The molecule has 0 bridgehead atoms. The molecule has 416 valence electrons. The zero-order valence-electron chi connectivity index (χ0n) is 47.8. The summed E-state index contributed by atoms with van der Waals surface area (Å²) in [5.74, 6) is -0.853. The van der Waals surface area contributed by atoms with E-state index in [1.165, 1.54) is 238 Å². The van der Waals surface area contributed by atoms with Gasteiger partial charge in [0.1, 0.15) is 13.2 Å². The van der Waals surface area contributed by atoms with Crippen LogP contribution in [0.4, 0.5) is 0 Å². The van der Waals surface area contributed by atoms with Gasteiger partial charge in [-0.1, -0.05) is 282 Å². The Bertz CT molecular complexity index is 1190. The maximum absolute atomic E-state index is 12.9. The lowest BCUT2D eigenvalue weighted by Gasteiger charge is -2.18. The molecular formula is C65H120O6. The van der Waals surface area contributed by atoms with Crippen molar-refractivity contribution in [2.75, 3.05) is 13.2 Å². The maximum Gasteiger partial charge on any atom is 0.306 e. The van der Waals surface area contributed by atoms with Crippen molar-refractivity contribution in [2.24, 2.45) is 0 Å². The van der Waals surface area contributed by atoms with Crippen molar-refractivity contribution < 1.29 is 28.6 Å². The summed E-state index contributed by atoms with van der Waals surface area (Å²) in [6.45, 7) is 6.66. The molecule has 0 N–H and O–H groups in total. The molecule has 0 rings (SSSR count). The summed E-state index contributed by atoms with van der Waals surface area (Å²) in [5.41, 5.74) is 0. The second kappa shape index (κ2) is 60.2. The molecular weight excluding hydrogens is 877 g/mol. The molecule has 71 heavy (non-hydrogen) atoms. The van der Waals surface area contributed by atoms with Crippen LogP contribution in [0.3, 0.4) is 0 Å². The predicted octanol–water partition coefficient (Wildman–Crippen LogP) is 21.2. The molecule has 0 aromatic heterocycles. The fraction of sp³-hybridized carbons (Fsp3) is 0.862. The molecule has 0 aromatic carbocycles. The van der Waals surface area contributed by atoms with Gasteiger partial charge in [0.2, 0.25) is 0 Å². The number of rotatable bonds is 58. The average Bonchev–Trinajstić information content (AvgIpc) is 3.37. The van der Waals surface area contributed by atoms with Crippen molar-refractivity contribution in [3.63, 3.8) is 0 Å². The van der Waals surface area contributed by atoms with Crippen LogP contribution in [-0.4, -0.2) is 37.2 Å². The first-order valence-corrected chi connectivity index (χ1v) is 31.5. The van der Waals surface area contributed by atoms with Crippen molar-refractivity contribution in [2.45, 2.75) is 348 Å². The first kappa shape index (κ1) is 68.6. The van der Waals surface area contributed by atoms with E-state index in [4.69, 9.17) is 14.2 Å². The number of hydrogen-bond donors (Lipinski definition) is 0. The van der Waals surface area contributed by atoms with Crippen molar-refractivity contribution in [3.05, 3.63) is 36.5 Å². The van der Waals surface area contributed by atoms with Gasteiger partial charge < -0.3 is 14.2 Å². The minimum Gasteiger partial charge on any atom is -0.462 e. The summed E-state index contributed by atoms with van der Waals surface area (Å²) < 4.78 is 16.9. The third-order valence-electron chi connectivity index (χ3n) is 14.1. The highest BCUT2D eigenvalue weighted by Crippen LogP contribution is 2.17. The van der Waals surface area contributed by atoms with Gasteiger partial charge >= 0.3 is 17.9 Å². The van der Waals surface area contributed by atoms with Crippen molar-refractivity contribution in [3.8, 4) is 0 Å². The maximum atomic E-state index is 12.9. The van der Waals surface area contributed by atoms with Crippen LogP contribution in [0.1, 0.15) is 342 Å². The fourth-order valence-corrected chi connectivity index (χ4v) is 9.35. The molecule has 1 atom stereocenters. The SMILES string of the molecule is CCCCC/C=C/C/C=C/CCCCCCCCCCCC(=O)OC[C@@H](COC(=O)CCCCCCCCCCCCCCCCC)OC(=O)CCCCCCCCCCC/C=C/CCCCCCCC. The Kier molecular flexibility index (Phi) is 58.2. The number of esters is 3. The molecule has 0 aromatic rings. The highest BCUT2D eigenvalue weighted by atomic mass is 16.6. The van der Waals surface area contributed by atoms with Gasteiger partial charge in [-0.25, -0.2) is 0 Å². The molecule has 0 unspecified atom stereocenters. The Balaban J connectivity index is 4.33. The van der Waals surface area contributed by atoms with E-state index in [9.17, 15) is 14.4 Å². The number of carbonyl (C=O) groups is 3. The minimum atomic E-state index is -0.773. The molecule has 0 heterocycles. The minimum absolute atomic E-state index is 0.0698. The Morgan fingerprint density at radius 3 is 0.817 bits per heavy atom. The number of carbonyl (C=O) groups excluding carboxylic acids is 3. The van der Waals surface area contributed by atoms with Crippen LogP contribution in [0.5, 0.6) is 0 Å². The Morgan fingerprint density at radius 2 is 0.507 bits per heavy atom. The van der Waals surface area contributed by atoms with E-state index in [1.54, 1.807) is 0 Å². The van der Waals surface area contributed by atoms with Gasteiger partial charge in [-0.15, -0.1) is 0 Å². The second-order valence-electron chi connectivity index (χ2n) is 21.3. The van der Waals surface area contributed by atoms with Crippen LogP contribution in [0.15, 0.2) is 36.5 Å². The molecule has 0 saturated heterocycles. The monoisotopic (exact) mass is 997 g/mol. The van der Waals surface area contributed by atoms with E-state index in [1.807, 2.05) is 0 Å². The predicted molar refractivity (Wildman–Crippen MR) is 307 cm³/mol. The highest BCUT2D eigenvalue weighted by Gasteiger charge is 2.19. The summed E-state index contributed by atoms with van der Waals surface area (Å²) in [5, 5.41) is 0. The molecule has 0 saturated carbocycles. The normalized spacial score (nSPS) is 12.2. The van der Waals surface area contributed by atoms with Gasteiger partial charge in [0.15, 0.2) is 6.10 Å². The zero-order valence-corrected chi connectivity index (χ0v) is 47.8. The summed E-state index contributed by atoms with van der Waals surface area (Å²) in [6, 6.07) is 0. The van der Waals surface area contributed by atoms with E-state index in [0.29, 0.717) is 19.3 Å². The van der Waals surface area contributed by atoms with Crippen LogP contribution < -0.4 is 0 Å². The van der Waals surface area contributed by atoms with E-state index in [-0.39, 0.29) is 31.1 Å². The Morgan fingerprint density at radius 1 is 0.282 bits per heavy atom. The third kappa shape index (κ3) is 58.4. The molecule has 0 aliphatic rings. The van der Waals surface area contributed by atoms with Crippen molar-refractivity contribution in [1.29, 1.82) is 0 Å². The highest BCUT2D eigenvalue weighted by molar-refractivity contribution is 5.71. The van der Waals surface area contributed by atoms with Crippen LogP contribution in [-0.2, 0) is 28.6 Å². The molecule has 0 fully saturated rings. The van der Waals surface area contributed by atoms with E-state index in [0.717, 1.165) is 64.2 Å². The lowest BCUT2D eigenvalue weighted by atomic mass is 10.0. The number of hydrogen-bond acceptors (Lipinski definition) is 6. The first-order chi connectivity index (χ1) is 35.0. The quantitative estimate of drug-likeness (QED) is 0.0261. The smallest absolute Gasteiger partial charge is 0.306 e. The molecule has 6 nitrogen and oxygen atoms in total. The number of ether oxygens (including phenoxy) is 3. The van der Waals surface area contributed by atoms with Gasteiger partial charge in [-0.3, -0.25) is 14.4 Å². The molecule has 0 amide bonds. The zero-order chi connectivity index (χ0) is 51.4. The second-order valence-corrected chi connectivity index (χ2v) is 21.3. The van der Waals surface area contributed by atoms with Crippen molar-refractivity contribution >= 4 is 17.9 Å². The lowest BCUT2D eigenvalue weighted by Crippen LogP contribution is -2.30. The first-order valence-electron chi connectivity index (χ1n) is 31.5. The third-order valence-corrected chi connectivity index (χ3v) is 14.1. The topological polar surface area (TPSA) is 78.9 Å². The number of allylic oxidation sites excluding steroid dienone is 6. The molecule has 0 spiro atoms.